The van der Waals surface area contributed by atoms with Crippen molar-refractivity contribution in [3.63, 3.8) is 0 Å². The summed E-state index contributed by atoms with van der Waals surface area (Å²) < 4.78 is 38.5. The Balaban J connectivity index is 1.13. The Morgan fingerprint density at radius 2 is 1.73 bits per heavy atom. The van der Waals surface area contributed by atoms with E-state index in [0.717, 1.165) is 38.5 Å². The quantitative estimate of drug-likeness (QED) is 0.472. The number of aryl methyl sites for hydroxylation is 1. The molecule has 1 aliphatic heterocycles. The summed E-state index contributed by atoms with van der Waals surface area (Å²) in [5.41, 5.74) is 2.23. The second-order valence-corrected chi connectivity index (χ2v) is 14.5. The van der Waals surface area contributed by atoms with Gasteiger partial charge in [-0.1, -0.05) is 41.4 Å². The molecule has 10 heteroatoms. The van der Waals surface area contributed by atoms with E-state index in [4.69, 9.17) is 21.1 Å². The first-order valence-electron chi connectivity index (χ1n) is 14.0. The van der Waals surface area contributed by atoms with Crippen LogP contribution in [0.1, 0.15) is 49.7 Å². The van der Waals surface area contributed by atoms with Crippen molar-refractivity contribution in [3.05, 3.63) is 58.6 Å². The molecule has 0 unspecified atom stereocenters. The number of hydrogen-bond acceptors (Lipinski definition) is 6. The number of nitrogens with zero attached hydrogens (tertiary/aromatic N) is 1. The summed E-state index contributed by atoms with van der Waals surface area (Å²) >= 11 is 6.23. The van der Waals surface area contributed by atoms with Crippen LogP contribution in [0.15, 0.2) is 47.4 Å². The van der Waals surface area contributed by atoms with Gasteiger partial charge in [-0.15, -0.1) is 0 Å². The minimum Gasteiger partial charge on any atom is -0.455 e. The predicted molar refractivity (Wildman–Crippen MR) is 151 cm³/mol. The van der Waals surface area contributed by atoms with Crippen molar-refractivity contribution < 1.29 is 27.5 Å². The molecule has 1 saturated heterocycles. The lowest BCUT2D eigenvalue weighted by molar-refractivity contribution is -0.175. The third-order valence-corrected chi connectivity index (χ3v) is 11.7. The van der Waals surface area contributed by atoms with Gasteiger partial charge in [-0.3, -0.25) is 9.59 Å². The van der Waals surface area contributed by atoms with Crippen LogP contribution in [0.5, 0.6) is 0 Å². The van der Waals surface area contributed by atoms with Crippen LogP contribution in [0.25, 0.3) is 0 Å². The number of rotatable bonds is 7. The van der Waals surface area contributed by atoms with Crippen molar-refractivity contribution in [1.82, 2.24) is 4.31 Å². The van der Waals surface area contributed by atoms with E-state index in [1.807, 2.05) is 0 Å². The molecule has 5 fully saturated rings. The number of carbonyl (C=O) groups excluding carboxylic acids is 2. The van der Waals surface area contributed by atoms with Crippen LogP contribution in [0.4, 0.5) is 5.69 Å². The van der Waals surface area contributed by atoms with Crippen LogP contribution in [-0.4, -0.2) is 57.5 Å². The molecule has 2 atom stereocenters. The molecule has 5 aliphatic rings. The van der Waals surface area contributed by atoms with Gasteiger partial charge in [-0.25, -0.2) is 8.42 Å². The summed E-state index contributed by atoms with van der Waals surface area (Å²) in [6.45, 7) is 2.75. The van der Waals surface area contributed by atoms with E-state index in [9.17, 15) is 18.0 Å². The van der Waals surface area contributed by atoms with Gasteiger partial charge in [0.25, 0.3) is 5.91 Å². The number of ether oxygens (including phenoxy) is 2. The van der Waals surface area contributed by atoms with Crippen LogP contribution in [0, 0.1) is 24.2 Å². The molecule has 1 N–H and O–H groups in total. The monoisotopic (exact) mass is 586 g/mol. The molecule has 0 aromatic heterocycles. The molecule has 0 radical (unpaired) electrons. The average molecular weight is 587 g/mol. The number of halogens is 1. The maximum atomic E-state index is 13.6. The Kier molecular flexibility index (Phi) is 7.22. The van der Waals surface area contributed by atoms with E-state index in [1.54, 1.807) is 0 Å². The highest BCUT2D eigenvalue weighted by Crippen LogP contribution is 2.66. The zero-order valence-corrected chi connectivity index (χ0v) is 24.2. The molecule has 2 aromatic carbocycles. The Morgan fingerprint density at radius 1 is 1.05 bits per heavy atom. The molecule has 214 valence electrons. The normalized spacial score (nSPS) is 29.8. The highest BCUT2D eigenvalue weighted by atomic mass is 35.5. The highest BCUT2D eigenvalue weighted by Gasteiger charge is 2.61. The van der Waals surface area contributed by atoms with Gasteiger partial charge in [0.15, 0.2) is 6.61 Å². The van der Waals surface area contributed by atoms with Crippen molar-refractivity contribution in [3.8, 4) is 0 Å². The van der Waals surface area contributed by atoms with E-state index < -0.39 is 28.0 Å². The molecule has 7 rings (SSSR count). The van der Waals surface area contributed by atoms with Crippen molar-refractivity contribution in [2.75, 3.05) is 38.2 Å². The van der Waals surface area contributed by atoms with Gasteiger partial charge >= 0.3 is 5.97 Å². The first-order valence-corrected chi connectivity index (χ1v) is 15.8. The predicted octanol–water partition coefficient (Wildman–Crippen LogP) is 4.69. The number of esters is 1. The van der Waals surface area contributed by atoms with Crippen LogP contribution in [0.3, 0.4) is 0 Å². The maximum absolute atomic E-state index is 13.6. The molecule has 1 amide bonds. The zero-order chi connectivity index (χ0) is 28.1. The second kappa shape index (κ2) is 10.4. The summed E-state index contributed by atoms with van der Waals surface area (Å²) in [7, 11) is -3.85. The van der Waals surface area contributed by atoms with Crippen molar-refractivity contribution in [1.29, 1.82) is 0 Å². The lowest BCUT2D eigenvalue weighted by Crippen LogP contribution is -2.57. The Morgan fingerprint density at radius 3 is 2.40 bits per heavy atom. The average Bonchev–Trinajstić information content (AvgIpc) is 2.92. The topological polar surface area (TPSA) is 102 Å². The fourth-order valence-corrected chi connectivity index (χ4v) is 9.84. The van der Waals surface area contributed by atoms with E-state index in [2.05, 4.69) is 36.5 Å². The minimum absolute atomic E-state index is 0.00918. The smallest absolute Gasteiger partial charge is 0.312 e. The van der Waals surface area contributed by atoms with Gasteiger partial charge in [-0.05, 0) is 86.5 Å². The number of carbonyl (C=O) groups is 2. The number of anilines is 1. The Hall–Kier alpha value is -2.46. The third kappa shape index (κ3) is 5.06. The summed E-state index contributed by atoms with van der Waals surface area (Å²) in [5, 5.41) is 2.74. The second-order valence-electron chi connectivity index (χ2n) is 12.2. The van der Waals surface area contributed by atoms with Crippen LogP contribution >= 0.6 is 11.6 Å². The molecule has 1 heterocycles. The number of nitrogens with one attached hydrogen (secondary N) is 1. The van der Waals surface area contributed by atoms with E-state index in [0.29, 0.717) is 25.0 Å². The van der Waals surface area contributed by atoms with Crippen molar-refractivity contribution in [2.45, 2.75) is 55.8 Å². The van der Waals surface area contributed by atoms with Gasteiger partial charge in [-0.2, -0.15) is 4.31 Å². The molecule has 40 heavy (non-hydrogen) atoms. The largest absolute Gasteiger partial charge is 0.455 e. The molecule has 8 nitrogen and oxygen atoms in total. The fraction of sp³-hybridized carbons (Fsp3) is 0.533. The van der Waals surface area contributed by atoms with Gasteiger partial charge in [0.2, 0.25) is 10.0 Å². The van der Waals surface area contributed by atoms with Crippen LogP contribution in [0.2, 0.25) is 5.02 Å². The molecular formula is C30H35ClN2O6S. The van der Waals surface area contributed by atoms with E-state index >= 15 is 0 Å². The summed E-state index contributed by atoms with van der Waals surface area (Å²) in [4.78, 5) is 26.3. The molecule has 4 bridgehead atoms. The van der Waals surface area contributed by atoms with Crippen molar-refractivity contribution >= 4 is 39.2 Å². The molecular weight excluding hydrogens is 552 g/mol. The number of morpholine rings is 1. The Bertz CT molecular complexity index is 1410. The van der Waals surface area contributed by atoms with Crippen LogP contribution < -0.4 is 5.32 Å². The van der Waals surface area contributed by atoms with Crippen LogP contribution in [-0.2, 0) is 34.5 Å². The first kappa shape index (κ1) is 27.7. The molecule has 4 saturated carbocycles. The number of amides is 1. The molecule has 4 aliphatic carbocycles. The number of benzene rings is 2. The molecule has 0 spiro atoms. The minimum atomic E-state index is -3.85. The third-order valence-electron chi connectivity index (χ3n) is 9.30. The summed E-state index contributed by atoms with van der Waals surface area (Å²) in [6, 6.07) is 13.1. The summed E-state index contributed by atoms with van der Waals surface area (Å²) in [5.74, 6) is 0.165. The first-order chi connectivity index (χ1) is 19.1. The summed E-state index contributed by atoms with van der Waals surface area (Å²) in [6.07, 6.45) is 5.77. The fourth-order valence-electron chi connectivity index (χ4n) is 7.93. The highest BCUT2D eigenvalue weighted by molar-refractivity contribution is 7.89. The Labute approximate surface area is 240 Å². The number of sulfonamides is 1. The van der Waals surface area contributed by atoms with Gasteiger partial charge in [0.1, 0.15) is 4.90 Å². The van der Waals surface area contributed by atoms with Gasteiger partial charge in [0.05, 0.1) is 23.7 Å². The number of hydrogen-bond donors (Lipinski definition) is 1. The standard InChI is InChI=1S/C30H35ClN2O6S/c1-20-2-4-23(5-3-20)29-14-21-12-22(15-29)17-30(16-21,19-29)28(35)39-18-27(34)32-24-6-7-25(31)26(13-24)40(36,37)33-8-10-38-11-9-33/h2-7,13,21-22H,8-12,14-19H2,1H3,(H,32,34)/t21-,22-,29?,30?/m0/s1. The van der Waals surface area contributed by atoms with Gasteiger partial charge in [0, 0.05) is 18.8 Å². The van der Waals surface area contributed by atoms with E-state index in [-0.39, 0.29) is 40.1 Å². The SMILES string of the molecule is Cc1ccc(C23C[C@@H]4C[C@H](CC(C(=O)OCC(=O)Nc5ccc(Cl)c(S(=O)(=O)N6CCOCC6)c5)(C4)C2)C3)cc1. The maximum Gasteiger partial charge on any atom is 0.312 e. The van der Waals surface area contributed by atoms with Gasteiger partial charge < -0.3 is 14.8 Å². The van der Waals surface area contributed by atoms with E-state index in [1.165, 1.54) is 33.6 Å². The lowest BCUT2D eigenvalue weighted by Gasteiger charge is -2.61. The molecule has 2 aromatic rings. The lowest BCUT2D eigenvalue weighted by atomic mass is 9.43. The zero-order valence-electron chi connectivity index (χ0n) is 22.7. The van der Waals surface area contributed by atoms with Crippen molar-refractivity contribution in [2.24, 2.45) is 17.3 Å².